The van der Waals surface area contributed by atoms with E-state index in [0.717, 1.165) is 16.0 Å². The first kappa shape index (κ1) is 17.6. The summed E-state index contributed by atoms with van der Waals surface area (Å²) >= 11 is 7.42. The molecule has 0 fully saturated rings. The summed E-state index contributed by atoms with van der Waals surface area (Å²) in [6.45, 7) is 5.33. The van der Waals surface area contributed by atoms with Crippen molar-refractivity contribution < 1.29 is 9.53 Å². The highest BCUT2D eigenvalue weighted by atomic mass is 35.5. The summed E-state index contributed by atoms with van der Waals surface area (Å²) in [5.74, 6) is -0.460. The van der Waals surface area contributed by atoms with E-state index in [2.05, 4.69) is 4.98 Å². The number of hydrogen-bond donors (Lipinski definition) is 0. The second kappa shape index (κ2) is 6.98. The lowest BCUT2D eigenvalue weighted by atomic mass is 10.0. The van der Waals surface area contributed by atoms with Gasteiger partial charge in [-0.2, -0.15) is 0 Å². The average Bonchev–Trinajstić information content (AvgIpc) is 2.87. The maximum Gasteiger partial charge on any atom is 0.326 e. The summed E-state index contributed by atoms with van der Waals surface area (Å²) in [5.41, 5.74) is 1.48. The van der Waals surface area contributed by atoms with Crippen LogP contribution in [0, 0.1) is 6.92 Å². The third-order valence-corrected chi connectivity index (χ3v) is 4.92. The van der Waals surface area contributed by atoms with Gasteiger partial charge in [-0.25, -0.2) is 4.98 Å². The van der Waals surface area contributed by atoms with Crippen LogP contribution in [0.5, 0.6) is 0 Å². The van der Waals surface area contributed by atoms with Crippen molar-refractivity contribution in [2.24, 2.45) is 0 Å². The molecule has 0 saturated carbocycles. The highest BCUT2D eigenvalue weighted by Crippen LogP contribution is 2.35. The molecule has 0 radical (unpaired) electrons. The molecule has 3 rings (SSSR count). The molecule has 5 nitrogen and oxygen atoms in total. The number of fused-ring (bicyclic) bond motifs is 1. The van der Waals surface area contributed by atoms with Crippen molar-refractivity contribution in [1.29, 1.82) is 0 Å². The molecule has 2 heterocycles. The molecule has 0 unspecified atom stereocenters. The van der Waals surface area contributed by atoms with E-state index in [-0.39, 0.29) is 18.2 Å². The lowest BCUT2D eigenvalue weighted by Gasteiger charge is -2.09. The van der Waals surface area contributed by atoms with Crippen LogP contribution in [0.4, 0.5) is 0 Å². The van der Waals surface area contributed by atoms with Gasteiger partial charge in [0, 0.05) is 15.5 Å². The van der Waals surface area contributed by atoms with Crippen LogP contribution in [-0.4, -0.2) is 21.6 Å². The Morgan fingerprint density at radius 3 is 2.64 bits per heavy atom. The molecule has 2 aromatic heterocycles. The number of ether oxygens (including phenoxy) is 1. The predicted octanol–water partition coefficient (Wildman–Crippen LogP) is 4.04. The van der Waals surface area contributed by atoms with Gasteiger partial charge in [0.25, 0.3) is 5.56 Å². The van der Waals surface area contributed by atoms with Gasteiger partial charge in [0.05, 0.1) is 17.8 Å². The van der Waals surface area contributed by atoms with Crippen molar-refractivity contribution in [3.8, 4) is 11.1 Å². The minimum Gasteiger partial charge on any atom is -0.462 e. The van der Waals surface area contributed by atoms with Crippen LogP contribution < -0.4 is 5.56 Å². The van der Waals surface area contributed by atoms with E-state index >= 15 is 0 Å². The SMILES string of the molecule is Cc1sc2ncn(CC(=O)OC(C)C)c(=O)c2c1-c1ccc(Cl)cc1. The number of hydrogen-bond acceptors (Lipinski definition) is 5. The molecular weight excluding hydrogens is 360 g/mol. The summed E-state index contributed by atoms with van der Waals surface area (Å²) in [7, 11) is 0. The summed E-state index contributed by atoms with van der Waals surface area (Å²) < 4.78 is 6.41. The highest BCUT2D eigenvalue weighted by molar-refractivity contribution is 7.19. The molecule has 0 amide bonds. The second-order valence-corrected chi connectivity index (χ2v) is 7.58. The molecule has 3 aromatic rings. The van der Waals surface area contributed by atoms with Gasteiger partial charge in [0.15, 0.2) is 0 Å². The first-order chi connectivity index (χ1) is 11.9. The molecule has 0 atom stereocenters. The molecule has 0 N–H and O–H groups in total. The van der Waals surface area contributed by atoms with Crippen LogP contribution in [-0.2, 0) is 16.1 Å². The Morgan fingerprint density at radius 2 is 2.00 bits per heavy atom. The number of carbonyl (C=O) groups is 1. The zero-order valence-corrected chi connectivity index (χ0v) is 15.6. The number of nitrogens with zero attached hydrogens (tertiary/aromatic N) is 2. The first-order valence-corrected chi connectivity index (χ1v) is 9.00. The Labute approximate surface area is 153 Å². The molecule has 0 aliphatic heterocycles. The van der Waals surface area contributed by atoms with Crippen LogP contribution >= 0.6 is 22.9 Å². The Bertz CT molecular complexity index is 990. The molecule has 0 aliphatic carbocycles. The van der Waals surface area contributed by atoms with E-state index in [1.165, 1.54) is 22.2 Å². The molecule has 0 bridgehead atoms. The van der Waals surface area contributed by atoms with Crippen LogP contribution in [0.3, 0.4) is 0 Å². The van der Waals surface area contributed by atoms with Crippen LogP contribution in [0.25, 0.3) is 21.3 Å². The van der Waals surface area contributed by atoms with Gasteiger partial charge < -0.3 is 4.74 Å². The average molecular weight is 377 g/mol. The number of thiophene rings is 1. The Hall–Kier alpha value is -2.18. The van der Waals surface area contributed by atoms with Gasteiger partial charge in [0.2, 0.25) is 0 Å². The van der Waals surface area contributed by atoms with Gasteiger partial charge in [0.1, 0.15) is 11.4 Å². The molecule has 1 aromatic carbocycles. The van der Waals surface area contributed by atoms with Crippen LogP contribution in [0.1, 0.15) is 18.7 Å². The molecule has 130 valence electrons. The van der Waals surface area contributed by atoms with E-state index in [9.17, 15) is 9.59 Å². The smallest absolute Gasteiger partial charge is 0.326 e. The second-order valence-electron chi connectivity index (χ2n) is 5.94. The summed E-state index contributed by atoms with van der Waals surface area (Å²) in [4.78, 5) is 30.8. The van der Waals surface area contributed by atoms with Crippen molar-refractivity contribution in [1.82, 2.24) is 9.55 Å². The summed E-state index contributed by atoms with van der Waals surface area (Å²) in [5, 5.41) is 1.15. The Morgan fingerprint density at radius 1 is 1.32 bits per heavy atom. The van der Waals surface area contributed by atoms with Crippen molar-refractivity contribution in [3.05, 3.63) is 50.8 Å². The van der Waals surface area contributed by atoms with E-state index < -0.39 is 5.97 Å². The van der Waals surface area contributed by atoms with Crippen LogP contribution in [0.15, 0.2) is 35.4 Å². The van der Waals surface area contributed by atoms with Gasteiger partial charge in [-0.3, -0.25) is 14.2 Å². The zero-order chi connectivity index (χ0) is 18.1. The predicted molar refractivity (Wildman–Crippen MR) is 100 cm³/mol. The number of esters is 1. The fourth-order valence-electron chi connectivity index (χ4n) is 2.65. The highest BCUT2D eigenvalue weighted by Gasteiger charge is 2.18. The maximum atomic E-state index is 12.9. The fraction of sp³-hybridized carbons (Fsp3) is 0.278. The number of aromatic nitrogens is 2. The fourth-order valence-corrected chi connectivity index (χ4v) is 3.78. The van der Waals surface area contributed by atoms with E-state index in [1.54, 1.807) is 26.0 Å². The maximum absolute atomic E-state index is 12.9. The normalized spacial score (nSPS) is 11.2. The lowest BCUT2D eigenvalue weighted by Crippen LogP contribution is -2.26. The van der Waals surface area contributed by atoms with Crippen molar-refractivity contribution >= 4 is 39.1 Å². The topological polar surface area (TPSA) is 61.2 Å². The van der Waals surface area contributed by atoms with E-state index in [4.69, 9.17) is 16.3 Å². The molecule has 0 saturated heterocycles. The molecule has 25 heavy (non-hydrogen) atoms. The van der Waals surface area contributed by atoms with Crippen molar-refractivity contribution in [2.75, 3.05) is 0 Å². The van der Waals surface area contributed by atoms with Gasteiger partial charge in [-0.15, -0.1) is 11.3 Å². The molecular formula is C18H17ClN2O3S. The monoisotopic (exact) mass is 376 g/mol. The first-order valence-electron chi connectivity index (χ1n) is 7.80. The standard InChI is InChI=1S/C18H17ClN2O3S/c1-10(2)24-14(22)8-21-9-20-17-16(18(21)23)15(11(3)25-17)12-4-6-13(19)7-5-12/h4-7,9-10H,8H2,1-3H3. The lowest BCUT2D eigenvalue weighted by molar-refractivity contribution is -0.148. The van der Waals surface area contributed by atoms with E-state index in [1.807, 2.05) is 19.1 Å². The van der Waals surface area contributed by atoms with Crippen LogP contribution in [0.2, 0.25) is 5.02 Å². The Kier molecular flexibility index (Phi) is 4.92. The third kappa shape index (κ3) is 3.60. The van der Waals surface area contributed by atoms with Crippen molar-refractivity contribution in [3.63, 3.8) is 0 Å². The molecule has 0 spiro atoms. The van der Waals surface area contributed by atoms with E-state index in [0.29, 0.717) is 15.2 Å². The summed E-state index contributed by atoms with van der Waals surface area (Å²) in [6, 6.07) is 7.32. The third-order valence-electron chi connectivity index (χ3n) is 3.65. The number of halogens is 1. The number of carbonyl (C=O) groups excluding carboxylic acids is 1. The zero-order valence-electron chi connectivity index (χ0n) is 14.1. The number of benzene rings is 1. The van der Waals surface area contributed by atoms with Gasteiger partial charge >= 0.3 is 5.97 Å². The largest absolute Gasteiger partial charge is 0.462 e. The summed E-state index contributed by atoms with van der Waals surface area (Å²) in [6.07, 6.45) is 1.17. The van der Waals surface area contributed by atoms with Crippen molar-refractivity contribution in [2.45, 2.75) is 33.4 Å². The molecule has 0 aliphatic rings. The minimum atomic E-state index is -0.460. The molecule has 7 heteroatoms. The number of aryl methyl sites for hydroxylation is 1. The number of rotatable bonds is 4. The minimum absolute atomic E-state index is 0.158. The quantitative estimate of drug-likeness (QED) is 0.645. The Balaban J connectivity index is 2.11. The van der Waals surface area contributed by atoms with Gasteiger partial charge in [-0.1, -0.05) is 23.7 Å². The van der Waals surface area contributed by atoms with Gasteiger partial charge in [-0.05, 0) is 38.5 Å².